The molecule has 37 heavy (non-hydrogen) atoms. The Morgan fingerprint density at radius 3 is 2.05 bits per heavy atom. The highest BCUT2D eigenvalue weighted by molar-refractivity contribution is 5.88. The Labute approximate surface area is 219 Å². The van der Waals surface area contributed by atoms with Crippen LogP contribution < -0.4 is 14.2 Å². The lowest BCUT2D eigenvalue weighted by Gasteiger charge is -2.13. The van der Waals surface area contributed by atoms with Crippen molar-refractivity contribution in [2.24, 2.45) is 0 Å². The highest BCUT2D eigenvalue weighted by Gasteiger charge is 2.15. The standard InChI is InChI=1S/C33H33NO3/c1-5-32-24(4)31-21-30(37-29-17-15-28(16-18-29)36-23(2)3)19-20-33(31)34(32)26-11-13-27(14-12-26)35-22-25-9-7-6-8-10-25/h6-21,23H,5,22H2,1-4H3. The van der Waals surface area contributed by atoms with E-state index in [1.54, 1.807) is 0 Å². The summed E-state index contributed by atoms with van der Waals surface area (Å²) >= 11 is 0. The van der Waals surface area contributed by atoms with Crippen molar-refractivity contribution in [2.45, 2.75) is 46.8 Å². The van der Waals surface area contributed by atoms with Crippen LogP contribution in [0.15, 0.2) is 97.1 Å². The van der Waals surface area contributed by atoms with Gasteiger partial charge in [-0.15, -0.1) is 0 Å². The second-order valence-electron chi connectivity index (χ2n) is 9.45. The summed E-state index contributed by atoms with van der Waals surface area (Å²) in [5.74, 6) is 3.31. The first-order valence-electron chi connectivity index (χ1n) is 12.9. The van der Waals surface area contributed by atoms with Crippen LogP contribution >= 0.6 is 0 Å². The van der Waals surface area contributed by atoms with Gasteiger partial charge in [0, 0.05) is 16.8 Å². The van der Waals surface area contributed by atoms with E-state index in [1.165, 1.54) is 22.2 Å². The third-order valence-corrected chi connectivity index (χ3v) is 6.43. The maximum atomic E-state index is 6.19. The molecule has 5 rings (SSSR count). The van der Waals surface area contributed by atoms with Gasteiger partial charge in [0.1, 0.15) is 29.6 Å². The predicted molar refractivity (Wildman–Crippen MR) is 150 cm³/mol. The van der Waals surface area contributed by atoms with Gasteiger partial charge in [0.2, 0.25) is 0 Å². The zero-order valence-electron chi connectivity index (χ0n) is 21.9. The molecule has 0 atom stereocenters. The molecule has 4 heteroatoms. The van der Waals surface area contributed by atoms with E-state index in [0.29, 0.717) is 6.61 Å². The van der Waals surface area contributed by atoms with Crippen LogP contribution in [0.5, 0.6) is 23.0 Å². The maximum absolute atomic E-state index is 6.19. The number of hydrogen-bond acceptors (Lipinski definition) is 3. The fourth-order valence-corrected chi connectivity index (χ4v) is 4.69. The zero-order valence-corrected chi connectivity index (χ0v) is 21.9. The first kappa shape index (κ1) is 24.5. The number of benzene rings is 4. The highest BCUT2D eigenvalue weighted by Crippen LogP contribution is 2.34. The van der Waals surface area contributed by atoms with Gasteiger partial charge in [0.15, 0.2) is 0 Å². The molecule has 0 spiro atoms. The van der Waals surface area contributed by atoms with Crippen LogP contribution in [0.3, 0.4) is 0 Å². The van der Waals surface area contributed by atoms with Crippen LogP contribution in [0.1, 0.15) is 37.6 Å². The average molecular weight is 492 g/mol. The highest BCUT2D eigenvalue weighted by atomic mass is 16.5. The summed E-state index contributed by atoms with van der Waals surface area (Å²) in [4.78, 5) is 0. The Balaban J connectivity index is 1.38. The fourth-order valence-electron chi connectivity index (χ4n) is 4.69. The van der Waals surface area contributed by atoms with Gasteiger partial charge in [-0.2, -0.15) is 0 Å². The Bertz CT molecular complexity index is 1470. The van der Waals surface area contributed by atoms with Gasteiger partial charge < -0.3 is 18.8 Å². The molecule has 0 unspecified atom stereocenters. The summed E-state index contributed by atoms with van der Waals surface area (Å²) in [5.41, 5.74) is 6.01. The van der Waals surface area contributed by atoms with Crippen molar-refractivity contribution < 1.29 is 14.2 Å². The molecule has 4 nitrogen and oxygen atoms in total. The third-order valence-electron chi connectivity index (χ3n) is 6.43. The van der Waals surface area contributed by atoms with Crippen LogP contribution in [0, 0.1) is 6.92 Å². The van der Waals surface area contributed by atoms with Crippen molar-refractivity contribution in [3.63, 3.8) is 0 Å². The number of ether oxygens (including phenoxy) is 3. The zero-order chi connectivity index (χ0) is 25.8. The molecule has 0 amide bonds. The molecule has 5 aromatic rings. The number of fused-ring (bicyclic) bond motifs is 1. The lowest BCUT2D eigenvalue weighted by Crippen LogP contribution is -2.05. The van der Waals surface area contributed by atoms with Crippen molar-refractivity contribution in [3.05, 3.63) is 114 Å². The van der Waals surface area contributed by atoms with Gasteiger partial charge in [-0.25, -0.2) is 0 Å². The lowest BCUT2D eigenvalue weighted by molar-refractivity contribution is 0.242. The molecule has 4 aromatic carbocycles. The van der Waals surface area contributed by atoms with Gasteiger partial charge in [0.25, 0.3) is 0 Å². The summed E-state index contributed by atoms with van der Waals surface area (Å²) in [6, 6.07) is 32.7. The summed E-state index contributed by atoms with van der Waals surface area (Å²) < 4.78 is 20.3. The Morgan fingerprint density at radius 2 is 1.38 bits per heavy atom. The van der Waals surface area contributed by atoms with Crippen LogP contribution in [-0.4, -0.2) is 10.7 Å². The Hall–Kier alpha value is -4.18. The van der Waals surface area contributed by atoms with Crippen molar-refractivity contribution in [1.82, 2.24) is 4.57 Å². The lowest BCUT2D eigenvalue weighted by atomic mass is 10.1. The molecule has 1 aromatic heterocycles. The van der Waals surface area contributed by atoms with Gasteiger partial charge in [0.05, 0.1) is 11.6 Å². The van der Waals surface area contributed by atoms with E-state index in [1.807, 2.05) is 74.5 Å². The first-order valence-corrected chi connectivity index (χ1v) is 12.9. The van der Waals surface area contributed by atoms with E-state index >= 15 is 0 Å². The van der Waals surface area contributed by atoms with Gasteiger partial charge in [-0.1, -0.05) is 37.3 Å². The van der Waals surface area contributed by atoms with Crippen molar-refractivity contribution in [1.29, 1.82) is 0 Å². The fraction of sp³-hybridized carbons (Fsp3) is 0.212. The molecule has 0 N–H and O–H groups in total. The van der Waals surface area contributed by atoms with E-state index in [0.717, 1.165) is 40.7 Å². The van der Waals surface area contributed by atoms with E-state index < -0.39 is 0 Å². The van der Waals surface area contributed by atoms with Crippen molar-refractivity contribution in [3.8, 4) is 28.7 Å². The number of aryl methyl sites for hydroxylation is 1. The average Bonchev–Trinajstić information content (AvgIpc) is 3.20. The SMILES string of the molecule is CCc1c(C)c2cc(Oc3ccc(OC(C)C)cc3)ccc2n1-c1ccc(OCc2ccccc2)cc1. The number of rotatable bonds is 9. The predicted octanol–water partition coefficient (Wildman–Crippen LogP) is 8.66. The van der Waals surface area contributed by atoms with E-state index in [9.17, 15) is 0 Å². The second kappa shape index (κ2) is 10.8. The minimum Gasteiger partial charge on any atom is -0.491 e. The molecule has 0 saturated heterocycles. The van der Waals surface area contributed by atoms with Crippen LogP contribution in [0.2, 0.25) is 0 Å². The summed E-state index contributed by atoms with van der Waals surface area (Å²) in [6.07, 6.45) is 1.08. The van der Waals surface area contributed by atoms with Crippen LogP contribution in [-0.2, 0) is 13.0 Å². The normalized spacial score (nSPS) is 11.2. The monoisotopic (exact) mass is 491 g/mol. The first-order chi connectivity index (χ1) is 18.0. The molecule has 0 fully saturated rings. The molecule has 188 valence electrons. The quantitative estimate of drug-likeness (QED) is 0.207. The van der Waals surface area contributed by atoms with E-state index in [4.69, 9.17) is 14.2 Å². The largest absolute Gasteiger partial charge is 0.491 e. The number of nitrogens with zero attached hydrogens (tertiary/aromatic N) is 1. The molecule has 0 bridgehead atoms. The maximum Gasteiger partial charge on any atom is 0.128 e. The molecule has 0 aliphatic rings. The minimum absolute atomic E-state index is 0.145. The Morgan fingerprint density at radius 1 is 0.730 bits per heavy atom. The second-order valence-corrected chi connectivity index (χ2v) is 9.45. The Kier molecular flexibility index (Phi) is 7.18. The van der Waals surface area contributed by atoms with Crippen molar-refractivity contribution in [2.75, 3.05) is 0 Å². The number of hydrogen-bond donors (Lipinski definition) is 0. The minimum atomic E-state index is 0.145. The molecule has 0 saturated carbocycles. The molecule has 0 radical (unpaired) electrons. The van der Waals surface area contributed by atoms with E-state index in [-0.39, 0.29) is 6.10 Å². The third kappa shape index (κ3) is 5.49. The van der Waals surface area contributed by atoms with E-state index in [2.05, 4.69) is 54.8 Å². The molecule has 0 aliphatic carbocycles. The molecule has 1 heterocycles. The molecular formula is C33H33NO3. The van der Waals surface area contributed by atoms with Crippen LogP contribution in [0.25, 0.3) is 16.6 Å². The van der Waals surface area contributed by atoms with Gasteiger partial charge in [-0.05, 0) is 105 Å². The molecular weight excluding hydrogens is 458 g/mol. The van der Waals surface area contributed by atoms with Gasteiger partial charge in [-0.3, -0.25) is 0 Å². The van der Waals surface area contributed by atoms with Gasteiger partial charge >= 0.3 is 0 Å². The smallest absolute Gasteiger partial charge is 0.128 e. The summed E-state index contributed by atoms with van der Waals surface area (Å²) in [5, 5.41) is 1.19. The summed E-state index contributed by atoms with van der Waals surface area (Å²) in [6.45, 7) is 8.99. The topological polar surface area (TPSA) is 32.6 Å². The van der Waals surface area contributed by atoms with Crippen LogP contribution in [0.4, 0.5) is 0 Å². The van der Waals surface area contributed by atoms with Crippen molar-refractivity contribution >= 4 is 10.9 Å². The number of aromatic nitrogens is 1. The molecule has 0 aliphatic heterocycles. The summed E-state index contributed by atoms with van der Waals surface area (Å²) in [7, 11) is 0.